The number of hydrogen-bond donors (Lipinski definition) is 1. The van der Waals surface area contributed by atoms with Crippen molar-refractivity contribution in [3.05, 3.63) is 65.4 Å². The van der Waals surface area contributed by atoms with Gasteiger partial charge in [-0.15, -0.1) is 0 Å². The van der Waals surface area contributed by atoms with Crippen LogP contribution in [0.1, 0.15) is 35.3 Å². The van der Waals surface area contributed by atoms with Gasteiger partial charge in [-0.3, -0.25) is 9.59 Å². The van der Waals surface area contributed by atoms with Crippen molar-refractivity contribution in [2.75, 3.05) is 5.32 Å². The first-order valence-corrected chi connectivity index (χ1v) is 7.96. The third kappa shape index (κ3) is 3.38. The van der Waals surface area contributed by atoms with E-state index in [1.807, 2.05) is 12.1 Å². The molecule has 122 valence electrons. The molecule has 1 heterocycles. The number of hydrogen-bond acceptors (Lipinski definition) is 3. The van der Waals surface area contributed by atoms with Crippen LogP contribution in [-0.4, -0.2) is 11.7 Å². The first-order valence-electron chi connectivity index (χ1n) is 7.96. The van der Waals surface area contributed by atoms with Gasteiger partial charge in [0, 0.05) is 22.2 Å². The van der Waals surface area contributed by atoms with Crippen molar-refractivity contribution in [2.45, 2.75) is 26.7 Å². The third-order valence-corrected chi connectivity index (χ3v) is 4.03. The van der Waals surface area contributed by atoms with Crippen LogP contribution >= 0.6 is 0 Å². The number of anilines is 1. The highest BCUT2D eigenvalue weighted by atomic mass is 16.3. The minimum Gasteiger partial charge on any atom is -0.464 e. The molecule has 1 N–H and O–H groups in total. The molecule has 4 heteroatoms. The molecule has 0 saturated heterocycles. The molecule has 0 radical (unpaired) electrons. The van der Waals surface area contributed by atoms with E-state index in [2.05, 4.69) is 18.3 Å². The molecule has 1 aromatic heterocycles. The summed E-state index contributed by atoms with van der Waals surface area (Å²) in [4.78, 5) is 23.7. The first kappa shape index (κ1) is 16.0. The number of rotatable bonds is 5. The van der Waals surface area contributed by atoms with Crippen molar-refractivity contribution < 1.29 is 14.0 Å². The summed E-state index contributed by atoms with van der Waals surface area (Å²) in [6.45, 7) is 3.60. The average molecular weight is 321 g/mol. The summed E-state index contributed by atoms with van der Waals surface area (Å²) >= 11 is 0. The fourth-order valence-electron chi connectivity index (χ4n) is 2.68. The van der Waals surface area contributed by atoms with Crippen molar-refractivity contribution in [1.82, 2.24) is 0 Å². The van der Waals surface area contributed by atoms with Crippen LogP contribution in [0, 0.1) is 0 Å². The second-order valence-electron chi connectivity index (χ2n) is 5.81. The fourth-order valence-corrected chi connectivity index (χ4v) is 2.68. The molecule has 0 fully saturated rings. The lowest BCUT2D eigenvalue weighted by atomic mass is 10.1. The van der Waals surface area contributed by atoms with Crippen LogP contribution in [0.5, 0.6) is 0 Å². The summed E-state index contributed by atoms with van der Waals surface area (Å²) in [5.74, 6) is -0.167. The van der Waals surface area contributed by atoms with E-state index in [1.165, 1.54) is 12.5 Å². The number of ketones is 1. The van der Waals surface area contributed by atoms with Crippen LogP contribution in [0.15, 0.2) is 53.1 Å². The molecular formula is C20H19NO3. The molecule has 0 aliphatic carbocycles. The quantitative estimate of drug-likeness (QED) is 0.709. The second-order valence-corrected chi connectivity index (χ2v) is 5.81. The van der Waals surface area contributed by atoms with E-state index in [9.17, 15) is 9.59 Å². The minimum absolute atomic E-state index is 0.0287. The van der Waals surface area contributed by atoms with Crippen LogP contribution in [0.2, 0.25) is 0 Å². The average Bonchev–Trinajstić information content (AvgIpc) is 2.97. The monoisotopic (exact) mass is 321 g/mol. The number of aryl methyl sites for hydroxylation is 1. The number of nitrogens with one attached hydrogen (secondary N) is 1. The van der Waals surface area contributed by atoms with Gasteiger partial charge < -0.3 is 9.73 Å². The molecule has 0 unspecified atom stereocenters. The molecule has 0 bridgehead atoms. The molecule has 1 amide bonds. The topological polar surface area (TPSA) is 59.3 Å². The molecule has 4 nitrogen and oxygen atoms in total. The Balaban J connectivity index is 1.78. The maximum Gasteiger partial charge on any atom is 0.228 e. The minimum atomic E-state index is -0.139. The van der Waals surface area contributed by atoms with Gasteiger partial charge in [0.15, 0.2) is 5.78 Å². The summed E-state index contributed by atoms with van der Waals surface area (Å²) in [6, 6.07) is 13.0. The lowest BCUT2D eigenvalue weighted by molar-refractivity contribution is -0.115. The Morgan fingerprint density at radius 1 is 1.12 bits per heavy atom. The third-order valence-electron chi connectivity index (χ3n) is 4.03. The van der Waals surface area contributed by atoms with Gasteiger partial charge in [-0.1, -0.05) is 25.1 Å². The smallest absolute Gasteiger partial charge is 0.228 e. The van der Waals surface area contributed by atoms with Gasteiger partial charge >= 0.3 is 0 Å². The summed E-state index contributed by atoms with van der Waals surface area (Å²) in [5, 5.41) is 3.81. The molecule has 3 aromatic rings. The van der Waals surface area contributed by atoms with Gasteiger partial charge in [-0.25, -0.2) is 0 Å². The zero-order valence-electron chi connectivity index (χ0n) is 13.8. The SMILES string of the molecule is CCc1ccc2occ(CC(=O)Nc3cccc(C(C)=O)c3)c2c1. The van der Waals surface area contributed by atoms with Crippen LogP contribution in [-0.2, 0) is 17.6 Å². The van der Waals surface area contributed by atoms with E-state index in [-0.39, 0.29) is 18.1 Å². The Hall–Kier alpha value is -2.88. The highest BCUT2D eigenvalue weighted by Crippen LogP contribution is 2.23. The summed E-state index contributed by atoms with van der Waals surface area (Å²) in [5.41, 5.74) is 4.05. The van der Waals surface area contributed by atoms with Crippen molar-refractivity contribution in [1.29, 1.82) is 0 Å². The van der Waals surface area contributed by atoms with Gasteiger partial charge in [0.2, 0.25) is 5.91 Å². The van der Waals surface area contributed by atoms with Gasteiger partial charge in [-0.2, -0.15) is 0 Å². The van der Waals surface area contributed by atoms with E-state index in [1.54, 1.807) is 30.5 Å². The maximum atomic E-state index is 12.3. The summed E-state index contributed by atoms with van der Waals surface area (Å²) in [7, 11) is 0. The number of benzene rings is 2. The Labute approximate surface area is 140 Å². The van der Waals surface area contributed by atoms with Gasteiger partial charge in [0.1, 0.15) is 5.58 Å². The van der Waals surface area contributed by atoms with Gasteiger partial charge in [0.25, 0.3) is 0 Å². The number of carbonyl (C=O) groups is 2. The Morgan fingerprint density at radius 3 is 2.71 bits per heavy atom. The van der Waals surface area contributed by atoms with E-state index >= 15 is 0 Å². The number of Topliss-reactive ketones (excluding diaryl/α,β-unsaturated/α-hetero) is 1. The predicted octanol–water partition coefficient (Wildman–Crippen LogP) is 4.38. The molecule has 0 spiro atoms. The van der Waals surface area contributed by atoms with Crippen LogP contribution in [0.4, 0.5) is 5.69 Å². The fraction of sp³-hybridized carbons (Fsp3) is 0.200. The highest BCUT2D eigenvalue weighted by molar-refractivity contribution is 5.98. The Kier molecular flexibility index (Phi) is 4.47. The van der Waals surface area contributed by atoms with Crippen molar-refractivity contribution in [3.8, 4) is 0 Å². The maximum absolute atomic E-state index is 12.3. The van der Waals surface area contributed by atoms with Crippen molar-refractivity contribution >= 4 is 28.3 Å². The first-order chi connectivity index (χ1) is 11.6. The van der Waals surface area contributed by atoms with E-state index in [0.717, 1.165) is 23.0 Å². The zero-order valence-corrected chi connectivity index (χ0v) is 13.8. The zero-order chi connectivity index (χ0) is 17.1. The molecule has 2 aromatic carbocycles. The molecule has 24 heavy (non-hydrogen) atoms. The predicted molar refractivity (Wildman–Crippen MR) is 94.4 cm³/mol. The molecule has 3 rings (SSSR count). The normalized spacial score (nSPS) is 10.8. The van der Waals surface area contributed by atoms with Gasteiger partial charge in [-0.05, 0) is 43.2 Å². The number of fused-ring (bicyclic) bond motifs is 1. The van der Waals surface area contributed by atoms with Crippen LogP contribution < -0.4 is 5.32 Å². The Morgan fingerprint density at radius 2 is 1.96 bits per heavy atom. The van der Waals surface area contributed by atoms with Crippen molar-refractivity contribution in [2.24, 2.45) is 0 Å². The standard InChI is InChI=1S/C20H19NO3/c1-3-14-7-8-19-18(9-14)16(12-24-19)11-20(23)21-17-6-4-5-15(10-17)13(2)22/h4-10,12H,3,11H2,1-2H3,(H,21,23). The molecule has 0 saturated carbocycles. The molecular weight excluding hydrogens is 302 g/mol. The number of carbonyl (C=O) groups excluding carboxylic acids is 2. The largest absolute Gasteiger partial charge is 0.464 e. The van der Waals surface area contributed by atoms with Crippen LogP contribution in [0.25, 0.3) is 11.0 Å². The summed E-state index contributed by atoms with van der Waals surface area (Å²) < 4.78 is 5.53. The highest BCUT2D eigenvalue weighted by Gasteiger charge is 2.11. The molecule has 0 aliphatic heterocycles. The number of furan rings is 1. The van der Waals surface area contributed by atoms with E-state index < -0.39 is 0 Å². The lowest BCUT2D eigenvalue weighted by Crippen LogP contribution is -2.14. The lowest BCUT2D eigenvalue weighted by Gasteiger charge is -2.06. The van der Waals surface area contributed by atoms with E-state index in [0.29, 0.717) is 11.3 Å². The molecule has 0 aliphatic rings. The van der Waals surface area contributed by atoms with E-state index in [4.69, 9.17) is 4.42 Å². The van der Waals surface area contributed by atoms with Gasteiger partial charge in [0.05, 0.1) is 12.7 Å². The molecule has 0 atom stereocenters. The van der Waals surface area contributed by atoms with Crippen molar-refractivity contribution in [3.63, 3.8) is 0 Å². The Bertz CT molecular complexity index is 908. The second kappa shape index (κ2) is 6.71. The number of amides is 1. The summed E-state index contributed by atoms with van der Waals surface area (Å²) in [6.07, 6.45) is 2.80. The van der Waals surface area contributed by atoms with Crippen LogP contribution in [0.3, 0.4) is 0 Å².